The molecule has 0 aromatic heterocycles. The Morgan fingerprint density at radius 3 is 2.47 bits per heavy atom. The Kier molecular flexibility index (Phi) is 8.28. The third-order valence-corrected chi connectivity index (χ3v) is 5.59. The normalized spacial score (nSPS) is 10.9. The molecule has 1 N–H and O–H groups in total. The summed E-state index contributed by atoms with van der Waals surface area (Å²) in [6.07, 6.45) is 2.67. The van der Waals surface area contributed by atoms with Crippen molar-refractivity contribution in [3.05, 3.63) is 93.5 Å². The van der Waals surface area contributed by atoms with Gasteiger partial charge in [0.1, 0.15) is 18.1 Å². The molecule has 0 aliphatic carbocycles. The predicted molar refractivity (Wildman–Crippen MR) is 129 cm³/mol. The minimum Gasteiger partial charge on any atom is -0.496 e. The highest BCUT2D eigenvalue weighted by molar-refractivity contribution is 6.32. The van der Waals surface area contributed by atoms with Crippen molar-refractivity contribution in [2.75, 3.05) is 7.11 Å². The number of hydrogen-bond donors (Lipinski definition) is 1. The fourth-order valence-electron chi connectivity index (χ4n) is 3.28. The summed E-state index contributed by atoms with van der Waals surface area (Å²) in [6.45, 7) is 4.23. The number of hydrazone groups is 1. The second kappa shape index (κ2) is 11.3. The number of hydrogen-bond acceptors (Lipinski definition) is 4. The molecule has 0 radical (unpaired) electrons. The number of carbonyl (C=O) groups is 1. The van der Waals surface area contributed by atoms with Gasteiger partial charge in [-0.05, 0) is 72.9 Å². The van der Waals surface area contributed by atoms with Crippen LogP contribution in [-0.4, -0.2) is 19.2 Å². The first kappa shape index (κ1) is 23.4. The van der Waals surface area contributed by atoms with E-state index in [1.807, 2.05) is 74.5 Å². The van der Waals surface area contributed by atoms with Crippen molar-refractivity contribution in [3.8, 4) is 11.5 Å². The Bertz CT molecular complexity index is 1070. The minimum atomic E-state index is -0.129. The van der Waals surface area contributed by atoms with Gasteiger partial charge in [0, 0.05) is 17.0 Å². The molecule has 3 aromatic rings. The van der Waals surface area contributed by atoms with Crippen molar-refractivity contribution in [3.63, 3.8) is 0 Å². The van der Waals surface area contributed by atoms with Crippen LogP contribution in [0.2, 0.25) is 5.02 Å². The molecule has 0 aliphatic rings. The van der Waals surface area contributed by atoms with Gasteiger partial charge in [0.05, 0.1) is 13.3 Å². The fourth-order valence-corrected chi connectivity index (χ4v) is 3.39. The first-order valence-corrected chi connectivity index (χ1v) is 10.8. The Balaban J connectivity index is 1.59. The Hall–Kier alpha value is -3.31. The first-order valence-electron chi connectivity index (χ1n) is 10.4. The highest BCUT2D eigenvalue weighted by Gasteiger charge is 2.08. The van der Waals surface area contributed by atoms with E-state index in [1.54, 1.807) is 13.3 Å². The summed E-state index contributed by atoms with van der Waals surface area (Å²) in [7, 11) is 1.62. The fraction of sp³-hybridized carbons (Fsp3) is 0.231. The second-order valence-corrected chi connectivity index (χ2v) is 7.89. The van der Waals surface area contributed by atoms with Crippen LogP contribution in [0.25, 0.3) is 0 Å². The summed E-state index contributed by atoms with van der Waals surface area (Å²) in [4.78, 5) is 12.0. The van der Waals surface area contributed by atoms with Gasteiger partial charge >= 0.3 is 0 Å². The van der Waals surface area contributed by atoms with Gasteiger partial charge in [-0.2, -0.15) is 5.10 Å². The zero-order valence-corrected chi connectivity index (χ0v) is 19.3. The number of ether oxygens (including phenoxy) is 2. The molecular weight excluding hydrogens is 424 g/mol. The minimum absolute atomic E-state index is 0.129. The van der Waals surface area contributed by atoms with E-state index in [0.717, 1.165) is 44.3 Å². The van der Waals surface area contributed by atoms with E-state index in [-0.39, 0.29) is 5.91 Å². The summed E-state index contributed by atoms with van der Waals surface area (Å²) >= 11 is 6.24. The Morgan fingerprint density at radius 1 is 1.06 bits per heavy atom. The summed E-state index contributed by atoms with van der Waals surface area (Å²) in [5, 5.41) is 4.83. The third-order valence-electron chi connectivity index (χ3n) is 5.00. The highest BCUT2D eigenvalue weighted by atomic mass is 35.5. The maximum atomic E-state index is 12.0. The van der Waals surface area contributed by atoms with Crippen LogP contribution >= 0.6 is 11.6 Å². The number of aryl methyl sites for hydroxylation is 3. The van der Waals surface area contributed by atoms with Crippen molar-refractivity contribution < 1.29 is 14.3 Å². The molecule has 3 rings (SSSR count). The molecule has 0 bridgehead atoms. The molecule has 6 heteroatoms. The van der Waals surface area contributed by atoms with Gasteiger partial charge in [-0.15, -0.1) is 0 Å². The summed E-state index contributed by atoms with van der Waals surface area (Å²) in [6, 6.07) is 19.4. The molecule has 5 nitrogen and oxygen atoms in total. The van der Waals surface area contributed by atoms with Gasteiger partial charge < -0.3 is 9.47 Å². The van der Waals surface area contributed by atoms with Gasteiger partial charge in [0.25, 0.3) is 0 Å². The number of halogens is 1. The van der Waals surface area contributed by atoms with E-state index in [9.17, 15) is 4.79 Å². The van der Waals surface area contributed by atoms with Crippen LogP contribution in [0.15, 0.2) is 65.8 Å². The van der Waals surface area contributed by atoms with Crippen molar-refractivity contribution in [1.82, 2.24) is 5.43 Å². The predicted octanol–water partition coefficient (Wildman–Crippen LogP) is 5.63. The second-order valence-electron chi connectivity index (χ2n) is 7.51. The number of benzene rings is 3. The average Bonchev–Trinajstić information content (AvgIpc) is 2.80. The smallest absolute Gasteiger partial charge is 0.240 e. The third kappa shape index (κ3) is 6.59. The van der Waals surface area contributed by atoms with Gasteiger partial charge in [-0.25, -0.2) is 5.43 Å². The molecular formula is C26H27ClN2O3. The quantitative estimate of drug-likeness (QED) is 0.339. The summed E-state index contributed by atoms with van der Waals surface area (Å²) in [5.74, 6) is 1.34. The van der Waals surface area contributed by atoms with E-state index in [1.165, 1.54) is 0 Å². The Morgan fingerprint density at radius 2 is 1.78 bits per heavy atom. The number of amides is 1. The topological polar surface area (TPSA) is 59.9 Å². The van der Waals surface area contributed by atoms with Gasteiger partial charge in [-0.3, -0.25) is 4.79 Å². The van der Waals surface area contributed by atoms with E-state index in [2.05, 4.69) is 10.5 Å². The highest BCUT2D eigenvalue weighted by Crippen LogP contribution is 2.27. The van der Waals surface area contributed by atoms with E-state index < -0.39 is 0 Å². The molecule has 0 saturated carbocycles. The number of nitrogens with zero attached hydrogens (tertiary/aromatic N) is 1. The standard InChI is InChI=1S/C26H27ClN2O3/c1-18-13-23(14-19(2)26(18)27)32-17-22-15-21(9-11-24(22)31-3)16-28-29-25(30)12-10-20-7-5-4-6-8-20/h4-9,11,13-16H,10,12,17H2,1-3H3,(H,29,30)/b28-16-. The van der Waals surface area contributed by atoms with Crippen LogP contribution in [0, 0.1) is 13.8 Å². The SMILES string of the molecule is COc1ccc(/C=N\NC(=O)CCc2ccccc2)cc1COc1cc(C)c(Cl)c(C)c1. The van der Waals surface area contributed by atoms with Crippen molar-refractivity contribution in [1.29, 1.82) is 0 Å². The maximum absolute atomic E-state index is 12.0. The van der Waals surface area contributed by atoms with Crippen LogP contribution in [0.1, 0.15) is 34.2 Å². The van der Waals surface area contributed by atoms with Crippen molar-refractivity contribution >= 4 is 23.7 Å². The molecule has 0 fully saturated rings. The van der Waals surface area contributed by atoms with Crippen LogP contribution in [0.3, 0.4) is 0 Å². The largest absolute Gasteiger partial charge is 0.496 e. The molecule has 0 aliphatic heterocycles. The van der Waals surface area contributed by atoms with Crippen LogP contribution < -0.4 is 14.9 Å². The van der Waals surface area contributed by atoms with Crippen molar-refractivity contribution in [2.45, 2.75) is 33.3 Å². The summed E-state index contributed by atoms with van der Waals surface area (Å²) < 4.78 is 11.4. The molecule has 32 heavy (non-hydrogen) atoms. The molecule has 0 saturated heterocycles. The number of methoxy groups -OCH3 is 1. The monoisotopic (exact) mass is 450 g/mol. The lowest BCUT2D eigenvalue weighted by atomic mass is 10.1. The average molecular weight is 451 g/mol. The van der Waals surface area contributed by atoms with Crippen LogP contribution in [0.4, 0.5) is 0 Å². The molecule has 166 valence electrons. The molecule has 0 spiro atoms. The van der Waals surface area contributed by atoms with E-state index >= 15 is 0 Å². The lowest BCUT2D eigenvalue weighted by Gasteiger charge is -2.13. The lowest BCUT2D eigenvalue weighted by molar-refractivity contribution is -0.121. The Labute approximate surface area is 194 Å². The molecule has 1 amide bonds. The molecule has 0 atom stereocenters. The molecule has 0 unspecified atom stereocenters. The van der Waals surface area contributed by atoms with Crippen molar-refractivity contribution in [2.24, 2.45) is 5.10 Å². The number of rotatable bonds is 9. The number of nitrogens with one attached hydrogen (secondary N) is 1. The van der Waals surface area contributed by atoms with E-state index in [0.29, 0.717) is 19.4 Å². The maximum Gasteiger partial charge on any atom is 0.240 e. The van der Waals surface area contributed by atoms with Gasteiger partial charge in [0.2, 0.25) is 5.91 Å². The van der Waals surface area contributed by atoms with Gasteiger partial charge in [0.15, 0.2) is 0 Å². The summed E-state index contributed by atoms with van der Waals surface area (Å²) in [5.41, 5.74) is 7.35. The van der Waals surface area contributed by atoms with Crippen LogP contribution in [0.5, 0.6) is 11.5 Å². The molecule has 0 heterocycles. The van der Waals surface area contributed by atoms with Gasteiger partial charge in [-0.1, -0.05) is 41.9 Å². The zero-order valence-electron chi connectivity index (χ0n) is 18.5. The lowest BCUT2D eigenvalue weighted by Crippen LogP contribution is -2.17. The van der Waals surface area contributed by atoms with E-state index in [4.69, 9.17) is 21.1 Å². The zero-order chi connectivity index (χ0) is 22.9. The number of carbonyl (C=O) groups excluding carboxylic acids is 1. The molecule has 3 aromatic carbocycles. The van der Waals surface area contributed by atoms with Crippen LogP contribution in [-0.2, 0) is 17.8 Å². The first-order chi connectivity index (χ1) is 15.5.